The smallest absolute Gasteiger partial charge is 0.476 e. The Morgan fingerprint density at radius 2 is 2.06 bits per heavy atom. The van der Waals surface area contributed by atoms with Gasteiger partial charge in [-0.1, -0.05) is 0 Å². The maximum Gasteiger partial charge on any atom is 0.573 e. The lowest BCUT2D eigenvalue weighted by atomic mass is 10.2. The number of pyridine rings is 1. The first kappa shape index (κ1) is 13.1. The van der Waals surface area contributed by atoms with E-state index in [0.29, 0.717) is 0 Å². The van der Waals surface area contributed by atoms with Crippen molar-refractivity contribution in [1.82, 2.24) is 4.98 Å². The number of hydrogen-bond acceptors (Lipinski definition) is 3. The highest BCUT2D eigenvalue weighted by Crippen LogP contribution is 2.27. The van der Waals surface area contributed by atoms with Crippen molar-refractivity contribution >= 4 is 5.97 Å². The monoisotopic (exact) mass is 257 g/mol. The van der Waals surface area contributed by atoms with E-state index < -0.39 is 42.0 Å². The van der Waals surface area contributed by atoms with E-state index in [2.05, 4.69) is 9.72 Å². The van der Waals surface area contributed by atoms with Crippen molar-refractivity contribution in [2.75, 3.05) is 0 Å². The highest BCUT2D eigenvalue weighted by molar-refractivity contribution is 5.88. The second-order valence-corrected chi connectivity index (χ2v) is 2.75. The zero-order chi connectivity index (χ0) is 13.2. The predicted octanol–water partition coefficient (Wildman–Crippen LogP) is 2.29. The molecule has 0 radical (unpaired) electrons. The lowest BCUT2D eigenvalue weighted by molar-refractivity contribution is -0.274. The average molecular weight is 257 g/mol. The van der Waals surface area contributed by atoms with E-state index in [1.54, 1.807) is 0 Å². The molecule has 0 saturated carbocycles. The van der Waals surface area contributed by atoms with Crippen LogP contribution in [0.1, 0.15) is 16.2 Å². The molecule has 0 aromatic carbocycles. The van der Waals surface area contributed by atoms with Gasteiger partial charge in [-0.15, -0.1) is 13.2 Å². The highest BCUT2D eigenvalue weighted by atomic mass is 19.4. The molecule has 4 nitrogen and oxygen atoms in total. The van der Waals surface area contributed by atoms with Crippen LogP contribution in [0.25, 0.3) is 0 Å². The summed E-state index contributed by atoms with van der Waals surface area (Å²) >= 11 is 0. The zero-order valence-corrected chi connectivity index (χ0v) is 7.89. The van der Waals surface area contributed by atoms with Crippen molar-refractivity contribution in [3.8, 4) is 5.75 Å². The summed E-state index contributed by atoms with van der Waals surface area (Å²) in [5.41, 5.74) is -2.12. The molecule has 1 aromatic heterocycles. The second kappa shape index (κ2) is 4.52. The number of carbonyl (C=O) groups is 1. The molecule has 0 amide bonds. The summed E-state index contributed by atoms with van der Waals surface area (Å²) in [6.45, 7) is -1.45. The van der Waals surface area contributed by atoms with Gasteiger partial charge >= 0.3 is 12.3 Å². The molecule has 1 N–H and O–H groups in total. The molecule has 9 heteroatoms. The number of nitrogens with zero attached hydrogens (tertiary/aromatic N) is 1. The molecule has 1 rings (SSSR count). The SMILES string of the molecule is O=C(O)c1nc(CF)c(F)cc1OC(F)(F)F. The minimum Gasteiger partial charge on any atom is -0.476 e. The van der Waals surface area contributed by atoms with Crippen LogP contribution in [0, 0.1) is 5.82 Å². The van der Waals surface area contributed by atoms with E-state index in [9.17, 15) is 26.7 Å². The first-order valence-corrected chi connectivity index (χ1v) is 3.99. The molecule has 17 heavy (non-hydrogen) atoms. The van der Waals surface area contributed by atoms with Gasteiger partial charge in [-0.05, 0) is 0 Å². The number of alkyl halides is 4. The molecule has 1 aromatic rings. The van der Waals surface area contributed by atoms with Gasteiger partial charge in [-0.2, -0.15) is 0 Å². The van der Waals surface area contributed by atoms with Crippen LogP contribution < -0.4 is 4.74 Å². The molecule has 0 fully saturated rings. The van der Waals surface area contributed by atoms with Gasteiger partial charge in [0.25, 0.3) is 0 Å². The summed E-state index contributed by atoms with van der Waals surface area (Å²) in [5, 5.41) is 8.52. The summed E-state index contributed by atoms with van der Waals surface area (Å²) in [7, 11) is 0. The van der Waals surface area contributed by atoms with Gasteiger partial charge < -0.3 is 9.84 Å². The van der Waals surface area contributed by atoms with E-state index in [4.69, 9.17) is 5.11 Å². The molecule has 0 atom stereocenters. The molecule has 0 spiro atoms. The molecule has 94 valence electrons. The first-order chi connectivity index (χ1) is 7.74. The number of rotatable bonds is 3. The maximum absolute atomic E-state index is 12.9. The minimum atomic E-state index is -5.20. The number of halogens is 5. The zero-order valence-electron chi connectivity index (χ0n) is 7.89. The Morgan fingerprint density at radius 1 is 1.47 bits per heavy atom. The van der Waals surface area contributed by atoms with Crippen molar-refractivity contribution in [2.24, 2.45) is 0 Å². The van der Waals surface area contributed by atoms with E-state index >= 15 is 0 Å². The first-order valence-electron chi connectivity index (χ1n) is 3.99. The Labute approximate surface area is 90.6 Å². The lowest BCUT2D eigenvalue weighted by Crippen LogP contribution is -2.20. The third-order valence-corrected chi connectivity index (χ3v) is 1.57. The van der Waals surface area contributed by atoms with Crippen LogP contribution in [0.15, 0.2) is 6.07 Å². The van der Waals surface area contributed by atoms with Gasteiger partial charge in [0.05, 0.1) is 0 Å². The van der Waals surface area contributed by atoms with E-state index in [1.807, 2.05) is 0 Å². The number of carboxylic acids is 1. The third kappa shape index (κ3) is 3.26. The Kier molecular flexibility index (Phi) is 3.49. The van der Waals surface area contributed by atoms with E-state index in [-0.39, 0.29) is 6.07 Å². The topological polar surface area (TPSA) is 59.4 Å². The van der Waals surface area contributed by atoms with Crippen LogP contribution in [0.3, 0.4) is 0 Å². The van der Waals surface area contributed by atoms with Crippen molar-refractivity contribution < 1.29 is 36.6 Å². The van der Waals surface area contributed by atoms with Crippen LogP contribution in [-0.4, -0.2) is 22.4 Å². The normalized spacial score (nSPS) is 11.4. The van der Waals surface area contributed by atoms with Crippen LogP contribution in [0.5, 0.6) is 5.75 Å². The Bertz CT molecular complexity index is 446. The minimum absolute atomic E-state index is 0.124. The standard InChI is InChI=1S/C8H4F5NO3/c9-2-4-3(10)1-5(17-8(11,12)13)6(14-4)7(15)16/h1H,2H2,(H,15,16). The van der Waals surface area contributed by atoms with Crippen LogP contribution in [-0.2, 0) is 6.67 Å². The highest BCUT2D eigenvalue weighted by Gasteiger charge is 2.34. The third-order valence-electron chi connectivity index (χ3n) is 1.57. The fraction of sp³-hybridized carbons (Fsp3) is 0.250. The van der Waals surface area contributed by atoms with Gasteiger partial charge in [-0.3, -0.25) is 0 Å². The van der Waals surface area contributed by atoms with Crippen LogP contribution in [0.2, 0.25) is 0 Å². The Hall–Kier alpha value is -1.93. The summed E-state index contributed by atoms with van der Waals surface area (Å²) in [6, 6.07) is 0.124. The summed E-state index contributed by atoms with van der Waals surface area (Å²) in [5.74, 6) is -4.64. The quantitative estimate of drug-likeness (QED) is 0.844. The predicted molar refractivity (Wildman–Crippen MR) is 42.6 cm³/mol. The number of carboxylic acid groups (broad SMARTS) is 1. The fourth-order valence-corrected chi connectivity index (χ4v) is 0.960. The fourth-order valence-electron chi connectivity index (χ4n) is 0.960. The van der Waals surface area contributed by atoms with E-state index in [1.165, 1.54) is 0 Å². The lowest BCUT2D eigenvalue weighted by Gasteiger charge is -2.11. The molecule has 0 aliphatic heterocycles. The van der Waals surface area contributed by atoms with Gasteiger partial charge in [0.1, 0.15) is 12.4 Å². The van der Waals surface area contributed by atoms with Crippen LogP contribution in [0.4, 0.5) is 22.0 Å². The van der Waals surface area contributed by atoms with Gasteiger partial charge in [-0.25, -0.2) is 18.6 Å². The number of ether oxygens (including phenoxy) is 1. The second-order valence-electron chi connectivity index (χ2n) is 2.75. The van der Waals surface area contributed by atoms with Gasteiger partial charge in [0, 0.05) is 6.07 Å². The summed E-state index contributed by atoms with van der Waals surface area (Å²) in [6.07, 6.45) is -5.20. The average Bonchev–Trinajstić information content (AvgIpc) is 2.14. The summed E-state index contributed by atoms with van der Waals surface area (Å²) < 4.78 is 63.9. The molecule has 0 aliphatic carbocycles. The maximum atomic E-state index is 12.9. The van der Waals surface area contributed by atoms with Gasteiger partial charge in [0.2, 0.25) is 0 Å². The molecular formula is C8H4F5NO3. The van der Waals surface area contributed by atoms with Crippen LogP contribution >= 0.6 is 0 Å². The van der Waals surface area contributed by atoms with Crippen molar-refractivity contribution in [2.45, 2.75) is 13.0 Å². The molecule has 0 unspecified atom stereocenters. The number of aromatic nitrogens is 1. The molecule has 1 heterocycles. The van der Waals surface area contributed by atoms with Crippen molar-refractivity contribution in [3.05, 3.63) is 23.3 Å². The van der Waals surface area contributed by atoms with Crippen molar-refractivity contribution in [1.29, 1.82) is 0 Å². The molecular weight excluding hydrogens is 253 g/mol. The van der Waals surface area contributed by atoms with Gasteiger partial charge in [0.15, 0.2) is 17.3 Å². The largest absolute Gasteiger partial charge is 0.573 e. The summed E-state index contributed by atoms with van der Waals surface area (Å²) in [4.78, 5) is 13.4. The Balaban J connectivity index is 3.28. The Morgan fingerprint density at radius 3 is 2.47 bits per heavy atom. The molecule has 0 saturated heterocycles. The molecule has 0 bridgehead atoms. The molecule has 0 aliphatic rings. The number of hydrogen-bond donors (Lipinski definition) is 1. The number of aromatic carboxylic acids is 1. The van der Waals surface area contributed by atoms with E-state index in [0.717, 1.165) is 0 Å². The van der Waals surface area contributed by atoms with Crippen molar-refractivity contribution in [3.63, 3.8) is 0 Å².